The van der Waals surface area contributed by atoms with E-state index in [4.69, 9.17) is 0 Å². The van der Waals surface area contributed by atoms with Gasteiger partial charge in [0.25, 0.3) is 5.56 Å². The number of aryl methyl sites for hydroxylation is 1. The molecule has 3 rings (SSSR count). The average Bonchev–Trinajstić information content (AvgIpc) is 3.27. The Labute approximate surface area is 117 Å². The number of piperazine rings is 1. The lowest BCUT2D eigenvalue weighted by molar-refractivity contribution is 0.383. The first-order chi connectivity index (χ1) is 9.48. The molecule has 1 saturated heterocycles. The minimum Gasteiger partial charge on any atom is -0.354 e. The molecule has 1 aromatic heterocycles. The van der Waals surface area contributed by atoms with Gasteiger partial charge in [0, 0.05) is 39.3 Å². The molecule has 0 unspecified atom stereocenters. The van der Waals surface area contributed by atoms with Gasteiger partial charge in [-0.2, -0.15) is 4.31 Å². The van der Waals surface area contributed by atoms with E-state index >= 15 is 0 Å². The molecule has 20 heavy (non-hydrogen) atoms. The predicted octanol–water partition coefficient (Wildman–Crippen LogP) is -0.605. The summed E-state index contributed by atoms with van der Waals surface area (Å²) in [6, 6.07) is 1.49. The Balaban J connectivity index is 1.69. The molecular weight excluding hydrogens is 280 g/mol. The maximum absolute atomic E-state index is 12.1. The number of hydrogen-bond acceptors (Lipinski definition) is 5. The molecule has 0 aromatic carbocycles. The zero-order chi connectivity index (χ0) is 14.3. The van der Waals surface area contributed by atoms with E-state index in [2.05, 4.69) is 4.98 Å². The zero-order valence-electron chi connectivity index (χ0n) is 11.4. The molecule has 0 amide bonds. The molecule has 110 valence electrons. The van der Waals surface area contributed by atoms with E-state index in [9.17, 15) is 13.2 Å². The molecule has 2 fully saturated rings. The summed E-state index contributed by atoms with van der Waals surface area (Å²) in [5.41, 5.74) is -0.108. The van der Waals surface area contributed by atoms with Crippen LogP contribution in [0.25, 0.3) is 0 Å². The van der Waals surface area contributed by atoms with Crippen LogP contribution in [-0.2, 0) is 17.1 Å². The SMILES string of the molecule is Cn1cnc(N2CCN(S(=O)(=O)C3CC3)CC2)cc1=O. The van der Waals surface area contributed by atoms with E-state index in [0.29, 0.717) is 32.0 Å². The van der Waals surface area contributed by atoms with Crippen molar-refractivity contribution in [3.8, 4) is 0 Å². The number of hydrogen-bond donors (Lipinski definition) is 0. The fourth-order valence-corrected chi connectivity index (χ4v) is 4.20. The number of aromatic nitrogens is 2. The first kappa shape index (κ1) is 13.6. The lowest BCUT2D eigenvalue weighted by atomic mass is 10.3. The van der Waals surface area contributed by atoms with Crippen LogP contribution in [0.2, 0.25) is 0 Å². The minimum atomic E-state index is -3.09. The first-order valence-electron chi connectivity index (χ1n) is 6.75. The Kier molecular flexibility index (Phi) is 3.29. The molecule has 1 aromatic rings. The lowest BCUT2D eigenvalue weighted by Gasteiger charge is -2.34. The summed E-state index contributed by atoms with van der Waals surface area (Å²) < 4.78 is 27.2. The van der Waals surface area contributed by atoms with Crippen molar-refractivity contribution in [2.45, 2.75) is 18.1 Å². The summed E-state index contributed by atoms with van der Waals surface area (Å²) in [7, 11) is -1.44. The van der Waals surface area contributed by atoms with Crippen LogP contribution in [0.3, 0.4) is 0 Å². The van der Waals surface area contributed by atoms with Gasteiger partial charge >= 0.3 is 0 Å². The van der Waals surface area contributed by atoms with E-state index in [1.807, 2.05) is 4.90 Å². The summed E-state index contributed by atoms with van der Waals surface area (Å²) in [5, 5.41) is -0.156. The molecule has 0 atom stereocenters. The van der Waals surface area contributed by atoms with Gasteiger partial charge in [-0.05, 0) is 12.8 Å². The fourth-order valence-electron chi connectivity index (χ4n) is 2.37. The second kappa shape index (κ2) is 4.85. The van der Waals surface area contributed by atoms with Crippen LogP contribution in [0.15, 0.2) is 17.2 Å². The van der Waals surface area contributed by atoms with E-state index in [-0.39, 0.29) is 10.8 Å². The van der Waals surface area contributed by atoms with Gasteiger partial charge in [-0.1, -0.05) is 0 Å². The molecule has 0 N–H and O–H groups in total. The van der Waals surface area contributed by atoms with Crippen molar-refractivity contribution < 1.29 is 8.42 Å². The molecule has 0 bridgehead atoms. The normalized spacial score (nSPS) is 21.1. The van der Waals surface area contributed by atoms with Crippen LogP contribution in [0.5, 0.6) is 0 Å². The Morgan fingerprint density at radius 2 is 1.85 bits per heavy atom. The largest absolute Gasteiger partial charge is 0.354 e. The van der Waals surface area contributed by atoms with E-state index in [1.54, 1.807) is 11.4 Å². The van der Waals surface area contributed by atoms with Crippen molar-refractivity contribution in [3.05, 3.63) is 22.7 Å². The molecule has 7 nitrogen and oxygen atoms in total. The molecule has 8 heteroatoms. The number of nitrogens with zero attached hydrogens (tertiary/aromatic N) is 4. The highest BCUT2D eigenvalue weighted by Crippen LogP contribution is 2.31. The van der Waals surface area contributed by atoms with Crippen molar-refractivity contribution in [1.29, 1.82) is 0 Å². The summed E-state index contributed by atoms with van der Waals surface area (Å²) in [5.74, 6) is 0.622. The highest BCUT2D eigenvalue weighted by molar-refractivity contribution is 7.90. The molecule has 0 radical (unpaired) electrons. The van der Waals surface area contributed by atoms with E-state index < -0.39 is 10.0 Å². The molecular formula is C12H18N4O3S. The Morgan fingerprint density at radius 3 is 2.40 bits per heavy atom. The van der Waals surface area contributed by atoms with Crippen molar-refractivity contribution in [1.82, 2.24) is 13.9 Å². The number of rotatable bonds is 3. The molecule has 2 heterocycles. The highest BCUT2D eigenvalue weighted by Gasteiger charge is 2.41. The quantitative estimate of drug-likeness (QED) is 0.744. The smallest absolute Gasteiger partial charge is 0.255 e. The number of anilines is 1. The third kappa shape index (κ3) is 2.45. The van der Waals surface area contributed by atoms with Crippen molar-refractivity contribution in [2.24, 2.45) is 7.05 Å². The first-order valence-corrected chi connectivity index (χ1v) is 8.25. The third-order valence-electron chi connectivity index (χ3n) is 3.83. The highest BCUT2D eigenvalue weighted by atomic mass is 32.2. The van der Waals surface area contributed by atoms with Crippen molar-refractivity contribution >= 4 is 15.8 Å². The van der Waals surface area contributed by atoms with Crippen LogP contribution < -0.4 is 10.5 Å². The topological polar surface area (TPSA) is 75.5 Å². The van der Waals surface area contributed by atoms with E-state index in [0.717, 1.165) is 12.8 Å². The van der Waals surface area contributed by atoms with Gasteiger partial charge in [-0.15, -0.1) is 0 Å². The summed E-state index contributed by atoms with van der Waals surface area (Å²) in [6.07, 6.45) is 3.07. The molecule has 1 saturated carbocycles. The van der Waals surface area contributed by atoms with Gasteiger partial charge in [0.2, 0.25) is 10.0 Å². The molecule has 0 spiro atoms. The van der Waals surface area contributed by atoms with Crippen LogP contribution >= 0.6 is 0 Å². The standard InChI is InChI=1S/C12H18N4O3S/c1-14-9-13-11(8-12(14)17)15-4-6-16(7-5-15)20(18,19)10-2-3-10/h8-10H,2-7H2,1H3. The van der Waals surface area contributed by atoms with Crippen LogP contribution in [0, 0.1) is 0 Å². The Hall–Kier alpha value is -1.41. The maximum atomic E-state index is 12.1. The minimum absolute atomic E-state index is 0.108. The van der Waals surface area contributed by atoms with Gasteiger partial charge in [-0.3, -0.25) is 4.79 Å². The average molecular weight is 298 g/mol. The molecule has 2 aliphatic rings. The second-order valence-corrected chi connectivity index (χ2v) is 7.54. The molecule has 1 aliphatic carbocycles. The summed E-state index contributed by atoms with van der Waals surface area (Å²) in [4.78, 5) is 17.8. The lowest BCUT2D eigenvalue weighted by Crippen LogP contribution is -2.50. The van der Waals surface area contributed by atoms with Crippen molar-refractivity contribution in [2.75, 3.05) is 31.1 Å². The van der Waals surface area contributed by atoms with Crippen molar-refractivity contribution in [3.63, 3.8) is 0 Å². The fraction of sp³-hybridized carbons (Fsp3) is 0.667. The van der Waals surface area contributed by atoms with Gasteiger partial charge in [0.05, 0.1) is 11.6 Å². The van der Waals surface area contributed by atoms with Gasteiger partial charge in [-0.25, -0.2) is 13.4 Å². The van der Waals surface area contributed by atoms with Crippen LogP contribution in [0.1, 0.15) is 12.8 Å². The predicted molar refractivity (Wildman–Crippen MR) is 75.2 cm³/mol. The van der Waals surface area contributed by atoms with Crippen LogP contribution in [-0.4, -0.2) is 53.7 Å². The third-order valence-corrected chi connectivity index (χ3v) is 6.23. The monoisotopic (exact) mass is 298 g/mol. The Morgan fingerprint density at radius 1 is 1.20 bits per heavy atom. The maximum Gasteiger partial charge on any atom is 0.255 e. The summed E-state index contributed by atoms with van der Waals surface area (Å²) >= 11 is 0. The van der Waals surface area contributed by atoms with Gasteiger partial charge in [0.1, 0.15) is 5.82 Å². The number of sulfonamides is 1. The van der Waals surface area contributed by atoms with E-state index in [1.165, 1.54) is 17.0 Å². The Bertz CT molecular complexity index is 658. The second-order valence-electron chi connectivity index (χ2n) is 5.33. The van der Waals surface area contributed by atoms with Crippen LogP contribution in [0.4, 0.5) is 5.82 Å². The van der Waals surface area contributed by atoms with Gasteiger partial charge in [0.15, 0.2) is 0 Å². The molecule has 1 aliphatic heterocycles. The summed E-state index contributed by atoms with van der Waals surface area (Å²) in [6.45, 7) is 2.09. The van der Waals surface area contributed by atoms with Gasteiger partial charge < -0.3 is 9.47 Å². The zero-order valence-corrected chi connectivity index (χ0v) is 12.2.